The van der Waals surface area contributed by atoms with Gasteiger partial charge in [-0.1, -0.05) is 113 Å². The molecule has 6 aromatic carbocycles. The zero-order valence-corrected chi connectivity index (χ0v) is 30.4. The first-order valence-corrected chi connectivity index (χ1v) is 18.5. The molecule has 258 valence electrons. The third kappa shape index (κ3) is 6.70. The largest absolute Gasteiger partial charge is 0.324 e. The van der Waals surface area contributed by atoms with Crippen molar-refractivity contribution in [3.8, 4) is 11.1 Å². The molecule has 0 saturated heterocycles. The highest BCUT2D eigenvalue weighted by Crippen LogP contribution is 2.52. The van der Waals surface area contributed by atoms with Crippen molar-refractivity contribution in [3.05, 3.63) is 168 Å². The van der Waals surface area contributed by atoms with Crippen LogP contribution in [0.5, 0.6) is 0 Å². The summed E-state index contributed by atoms with van der Waals surface area (Å²) in [5.41, 5.74) is 27.1. The van der Waals surface area contributed by atoms with Gasteiger partial charge in [-0.2, -0.15) is 0 Å². The smallest absolute Gasteiger partial charge is 0.0465 e. The van der Waals surface area contributed by atoms with E-state index in [1.807, 2.05) is 0 Å². The molecule has 4 nitrogen and oxygen atoms in total. The Hall–Kier alpha value is -5.16. The van der Waals surface area contributed by atoms with E-state index in [1.54, 1.807) is 0 Å². The molecule has 6 aromatic rings. The highest BCUT2D eigenvalue weighted by atomic mass is 15.1. The summed E-state index contributed by atoms with van der Waals surface area (Å²) in [6.45, 7) is 9.09. The topological polar surface area (TPSA) is 58.5 Å². The van der Waals surface area contributed by atoms with Crippen LogP contribution in [0.15, 0.2) is 146 Å². The van der Waals surface area contributed by atoms with Crippen molar-refractivity contribution in [2.75, 3.05) is 9.80 Å². The summed E-state index contributed by atoms with van der Waals surface area (Å²) >= 11 is 0. The maximum absolute atomic E-state index is 6.49. The Bertz CT molecular complexity index is 1920. The van der Waals surface area contributed by atoms with Gasteiger partial charge in [-0.05, 0) is 119 Å². The second kappa shape index (κ2) is 14.6. The average Bonchev–Trinajstić information content (AvgIpc) is 3.38. The van der Waals surface area contributed by atoms with Gasteiger partial charge in [0, 0.05) is 51.6 Å². The maximum Gasteiger partial charge on any atom is 0.0465 e. The van der Waals surface area contributed by atoms with E-state index in [0.29, 0.717) is 0 Å². The number of nitrogens with two attached hydrogens (primary N) is 2. The maximum atomic E-state index is 6.49. The standard InChI is InChI=1S/C47H50N4/c1-5-13-45(48)33-19-23-37(24-20-33)50(35-15-9-7-10-16-35)39-27-29-41-42-30-28-40(32-44(42)47(3,4)43(41)31-39)51(36-17-11-8-12-18-36)38-25-21-34(22-26-38)46(49)14-6-2/h7-12,15-32,45-46H,5-6,13-14,48-49H2,1-4H3. The zero-order valence-electron chi connectivity index (χ0n) is 30.4. The lowest BCUT2D eigenvalue weighted by molar-refractivity contribution is 0.638. The molecule has 0 spiro atoms. The van der Waals surface area contributed by atoms with Gasteiger partial charge in [-0.25, -0.2) is 0 Å². The number of rotatable bonds is 12. The number of fused-ring (bicyclic) bond motifs is 3. The van der Waals surface area contributed by atoms with Gasteiger partial charge < -0.3 is 21.3 Å². The van der Waals surface area contributed by atoms with Gasteiger partial charge in [0.2, 0.25) is 0 Å². The van der Waals surface area contributed by atoms with Crippen molar-refractivity contribution < 1.29 is 0 Å². The molecule has 51 heavy (non-hydrogen) atoms. The van der Waals surface area contributed by atoms with E-state index in [4.69, 9.17) is 11.5 Å². The van der Waals surface area contributed by atoms with Crippen LogP contribution in [0.25, 0.3) is 11.1 Å². The number of benzene rings is 6. The van der Waals surface area contributed by atoms with E-state index < -0.39 is 0 Å². The number of anilines is 6. The number of hydrogen-bond acceptors (Lipinski definition) is 4. The van der Waals surface area contributed by atoms with Crippen LogP contribution < -0.4 is 21.3 Å². The Morgan fingerprint density at radius 3 is 1.14 bits per heavy atom. The van der Waals surface area contributed by atoms with Crippen LogP contribution in [0.4, 0.5) is 34.1 Å². The number of hydrogen-bond donors (Lipinski definition) is 2. The van der Waals surface area contributed by atoms with E-state index in [1.165, 1.54) is 33.4 Å². The molecule has 2 atom stereocenters. The van der Waals surface area contributed by atoms with Crippen molar-refractivity contribution in [1.29, 1.82) is 0 Å². The lowest BCUT2D eigenvalue weighted by Crippen LogP contribution is -2.18. The summed E-state index contributed by atoms with van der Waals surface area (Å²) in [6, 6.07) is 52.9. The molecule has 0 radical (unpaired) electrons. The molecule has 0 aliphatic heterocycles. The predicted octanol–water partition coefficient (Wildman–Crippen LogP) is 12.5. The van der Waals surface area contributed by atoms with Crippen molar-refractivity contribution >= 4 is 34.1 Å². The third-order valence-electron chi connectivity index (χ3n) is 10.5. The van der Waals surface area contributed by atoms with Gasteiger partial charge >= 0.3 is 0 Å². The van der Waals surface area contributed by atoms with E-state index in [9.17, 15) is 0 Å². The molecule has 0 heterocycles. The van der Waals surface area contributed by atoms with E-state index in [2.05, 4.69) is 183 Å². The van der Waals surface area contributed by atoms with Gasteiger partial charge in [-0.15, -0.1) is 0 Å². The monoisotopic (exact) mass is 670 g/mol. The predicted molar refractivity (Wildman–Crippen MR) is 217 cm³/mol. The Balaban J connectivity index is 1.27. The first-order chi connectivity index (χ1) is 24.8. The van der Waals surface area contributed by atoms with Crippen LogP contribution in [0.3, 0.4) is 0 Å². The van der Waals surface area contributed by atoms with Crippen molar-refractivity contribution in [3.63, 3.8) is 0 Å². The summed E-state index contributed by atoms with van der Waals surface area (Å²) < 4.78 is 0. The molecule has 4 N–H and O–H groups in total. The molecule has 0 saturated carbocycles. The lowest BCUT2D eigenvalue weighted by atomic mass is 9.82. The van der Waals surface area contributed by atoms with Gasteiger partial charge in [0.15, 0.2) is 0 Å². The van der Waals surface area contributed by atoms with E-state index >= 15 is 0 Å². The molecule has 2 unspecified atom stereocenters. The zero-order chi connectivity index (χ0) is 35.5. The van der Waals surface area contributed by atoms with Gasteiger partial charge in [0.1, 0.15) is 0 Å². The first kappa shape index (κ1) is 34.3. The first-order valence-electron chi connectivity index (χ1n) is 18.5. The van der Waals surface area contributed by atoms with Gasteiger partial charge in [0.25, 0.3) is 0 Å². The van der Waals surface area contributed by atoms with Gasteiger partial charge in [0.05, 0.1) is 0 Å². The summed E-state index contributed by atoms with van der Waals surface area (Å²) in [7, 11) is 0. The van der Waals surface area contributed by atoms with Crippen molar-refractivity contribution in [2.24, 2.45) is 11.5 Å². The third-order valence-corrected chi connectivity index (χ3v) is 10.5. The Labute approximate surface area is 304 Å². The Kier molecular flexibility index (Phi) is 9.82. The van der Waals surface area contributed by atoms with Crippen LogP contribution in [0.2, 0.25) is 0 Å². The summed E-state index contributed by atoms with van der Waals surface area (Å²) in [4.78, 5) is 4.71. The highest BCUT2D eigenvalue weighted by molar-refractivity contribution is 5.88. The SMILES string of the molecule is CCCC(N)c1ccc(N(c2ccccc2)c2ccc3c(c2)C(C)(C)c2cc(N(c4ccccc4)c4ccc(C(N)CCC)cc4)ccc2-3)cc1. The highest BCUT2D eigenvalue weighted by Gasteiger charge is 2.37. The minimum Gasteiger partial charge on any atom is -0.324 e. The Morgan fingerprint density at radius 1 is 0.451 bits per heavy atom. The second-order valence-electron chi connectivity index (χ2n) is 14.4. The molecule has 4 heteroatoms. The minimum atomic E-state index is -0.213. The van der Waals surface area contributed by atoms with Crippen LogP contribution in [-0.4, -0.2) is 0 Å². The second-order valence-corrected chi connectivity index (χ2v) is 14.4. The molecule has 0 aromatic heterocycles. The molecule has 0 bridgehead atoms. The summed E-state index contributed by atoms with van der Waals surface area (Å²) in [6.07, 6.45) is 4.10. The molecular weight excluding hydrogens is 621 g/mol. The number of nitrogens with zero attached hydrogens (tertiary/aromatic N) is 2. The van der Waals surface area contributed by atoms with Gasteiger partial charge in [-0.3, -0.25) is 0 Å². The fraction of sp³-hybridized carbons (Fsp3) is 0.234. The summed E-state index contributed by atoms with van der Waals surface area (Å²) in [5.74, 6) is 0. The fourth-order valence-corrected chi connectivity index (χ4v) is 7.74. The molecule has 0 fully saturated rings. The molecule has 7 rings (SSSR count). The van der Waals surface area contributed by atoms with E-state index in [-0.39, 0.29) is 17.5 Å². The van der Waals surface area contributed by atoms with Crippen LogP contribution >= 0.6 is 0 Å². The fourth-order valence-electron chi connectivity index (χ4n) is 7.74. The average molecular weight is 671 g/mol. The lowest BCUT2D eigenvalue weighted by Gasteiger charge is -2.29. The van der Waals surface area contributed by atoms with Crippen molar-refractivity contribution in [2.45, 2.75) is 70.9 Å². The van der Waals surface area contributed by atoms with Crippen LogP contribution in [0, 0.1) is 0 Å². The van der Waals surface area contributed by atoms with E-state index in [0.717, 1.165) is 59.8 Å². The molecule has 1 aliphatic rings. The molecule has 1 aliphatic carbocycles. The normalized spacial score (nSPS) is 14.0. The molecule has 0 amide bonds. The van der Waals surface area contributed by atoms with Crippen molar-refractivity contribution in [1.82, 2.24) is 0 Å². The Morgan fingerprint density at radius 2 is 0.784 bits per heavy atom. The quantitative estimate of drug-likeness (QED) is 0.136. The molecular formula is C47H50N4. The number of para-hydroxylation sites is 2. The summed E-state index contributed by atoms with van der Waals surface area (Å²) in [5, 5.41) is 0. The van der Waals surface area contributed by atoms with Crippen LogP contribution in [0.1, 0.15) is 87.7 Å². The minimum absolute atomic E-state index is 0.0553. The van der Waals surface area contributed by atoms with Crippen LogP contribution in [-0.2, 0) is 5.41 Å².